The number of benzene rings is 2. The monoisotopic (exact) mass is 482 g/mol. The first-order valence-electron chi connectivity index (χ1n) is 10.3. The van der Waals surface area contributed by atoms with Gasteiger partial charge in [-0.1, -0.05) is 41.6 Å². The second-order valence-electron chi connectivity index (χ2n) is 7.19. The minimum atomic E-state index is -0.145. The first kappa shape index (κ1) is 22.9. The normalized spacial score (nSPS) is 10.9. The van der Waals surface area contributed by atoms with Crippen molar-refractivity contribution in [1.82, 2.24) is 24.5 Å². The molecule has 0 radical (unpaired) electrons. The standard InChI is InChI=1S/C23H23ClN6O2S/c1-4-30-22(19-13-29(2)28-21(19)15-7-5-10-18(11-15)32-3)26-27-23(30)33-14-20(31)25-17-9-6-8-16(24)12-17/h5-13H,4,14H2,1-3H3,(H,25,31). The second kappa shape index (κ2) is 10.1. The zero-order chi connectivity index (χ0) is 23.4. The summed E-state index contributed by atoms with van der Waals surface area (Å²) in [6, 6.07) is 14.8. The Labute approximate surface area is 200 Å². The van der Waals surface area contributed by atoms with Crippen LogP contribution in [0.3, 0.4) is 0 Å². The molecule has 0 saturated carbocycles. The van der Waals surface area contributed by atoms with E-state index in [1.165, 1.54) is 11.8 Å². The average molecular weight is 483 g/mol. The van der Waals surface area contributed by atoms with Crippen molar-refractivity contribution in [2.75, 3.05) is 18.2 Å². The lowest BCUT2D eigenvalue weighted by molar-refractivity contribution is -0.113. The summed E-state index contributed by atoms with van der Waals surface area (Å²) in [5, 5.41) is 17.5. The Morgan fingerprint density at radius 2 is 2.00 bits per heavy atom. The van der Waals surface area contributed by atoms with Crippen LogP contribution < -0.4 is 10.1 Å². The largest absolute Gasteiger partial charge is 0.497 e. The highest BCUT2D eigenvalue weighted by Gasteiger charge is 2.21. The molecule has 0 bridgehead atoms. The third kappa shape index (κ3) is 5.20. The maximum Gasteiger partial charge on any atom is 0.234 e. The third-order valence-electron chi connectivity index (χ3n) is 4.89. The summed E-state index contributed by atoms with van der Waals surface area (Å²) in [4.78, 5) is 12.4. The molecule has 10 heteroatoms. The number of rotatable bonds is 8. The number of aromatic nitrogens is 5. The van der Waals surface area contributed by atoms with Gasteiger partial charge in [-0.25, -0.2) is 0 Å². The molecule has 2 aromatic heterocycles. The van der Waals surface area contributed by atoms with Gasteiger partial charge in [0.1, 0.15) is 11.4 Å². The van der Waals surface area contributed by atoms with E-state index in [-0.39, 0.29) is 11.7 Å². The molecule has 2 heterocycles. The Hall–Kier alpha value is -3.30. The summed E-state index contributed by atoms with van der Waals surface area (Å²) in [7, 11) is 3.51. The van der Waals surface area contributed by atoms with Crippen LogP contribution in [0.15, 0.2) is 59.9 Å². The molecule has 1 amide bonds. The van der Waals surface area contributed by atoms with Gasteiger partial charge in [0.05, 0.1) is 18.4 Å². The molecule has 0 fully saturated rings. The molecule has 0 aliphatic heterocycles. The van der Waals surface area contributed by atoms with Gasteiger partial charge in [-0.15, -0.1) is 10.2 Å². The van der Waals surface area contributed by atoms with Gasteiger partial charge in [-0.05, 0) is 37.3 Å². The Bertz CT molecular complexity index is 1290. The van der Waals surface area contributed by atoms with Gasteiger partial charge in [0, 0.05) is 36.1 Å². The number of nitrogens with zero attached hydrogens (tertiary/aromatic N) is 5. The number of methoxy groups -OCH3 is 1. The van der Waals surface area contributed by atoms with E-state index in [2.05, 4.69) is 20.6 Å². The first-order chi connectivity index (χ1) is 16.0. The van der Waals surface area contributed by atoms with E-state index in [0.717, 1.165) is 22.6 Å². The van der Waals surface area contributed by atoms with Crippen molar-refractivity contribution in [1.29, 1.82) is 0 Å². The van der Waals surface area contributed by atoms with Crippen LogP contribution in [-0.2, 0) is 18.4 Å². The molecule has 4 aromatic rings. The number of anilines is 1. The molecule has 2 aromatic carbocycles. The van der Waals surface area contributed by atoms with Crippen LogP contribution in [0.1, 0.15) is 6.92 Å². The predicted octanol–water partition coefficient (Wildman–Crippen LogP) is 4.76. The smallest absolute Gasteiger partial charge is 0.234 e. The SMILES string of the molecule is CCn1c(SCC(=O)Nc2cccc(Cl)c2)nnc1-c1cn(C)nc1-c1cccc(OC)c1. The number of halogens is 1. The number of thioether (sulfide) groups is 1. The maximum atomic E-state index is 12.4. The number of aryl methyl sites for hydroxylation is 1. The Morgan fingerprint density at radius 3 is 2.76 bits per heavy atom. The topological polar surface area (TPSA) is 86.9 Å². The highest BCUT2D eigenvalue weighted by molar-refractivity contribution is 7.99. The Morgan fingerprint density at radius 1 is 1.18 bits per heavy atom. The third-order valence-corrected chi connectivity index (χ3v) is 6.09. The molecule has 8 nitrogen and oxygen atoms in total. The van der Waals surface area contributed by atoms with Crippen LogP contribution >= 0.6 is 23.4 Å². The van der Waals surface area contributed by atoms with E-state index in [0.29, 0.717) is 28.2 Å². The molecule has 4 rings (SSSR count). The van der Waals surface area contributed by atoms with Crippen LogP contribution in [0, 0.1) is 0 Å². The van der Waals surface area contributed by atoms with E-state index in [9.17, 15) is 4.79 Å². The van der Waals surface area contributed by atoms with Crippen molar-refractivity contribution < 1.29 is 9.53 Å². The number of ether oxygens (including phenoxy) is 1. The number of carbonyl (C=O) groups excluding carboxylic acids is 1. The minimum absolute atomic E-state index is 0.145. The number of hydrogen-bond acceptors (Lipinski definition) is 6. The molecule has 1 N–H and O–H groups in total. The second-order valence-corrected chi connectivity index (χ2v) is 8.57. The van der Waals surface area contributed by atoms with E-state index >= 15 is 0 Å². The van der Waals surface area contributed by atoms with Crippen molar-refractivity contribution in [2.24, 2.45) is 7.05 Å². The number of amides is 1. The van der Waals surface area contributed by atoms with Crippen LogP contribution in [0.25, 0.3) is 22.6 Å². The predicted molar refractivity (Wildman–Crippen MR) is 131 cm³/mol. The highest BCUT2D eigenvalue weighted by atomic mass is 35.5. The lowest BCUT2D eigenvalue weighted by atomic mass is 10.1. The summed E-state index contributed by atoms with van der Waals surface area (Å²) < 4.78 is 9.10. The summed E-state index contributed by atoms with van der Waals surface area (Å²) in [6.07, 6.45) is 1.92. The summed E-state index contributed by atoms with van der Waals surface area (Å²) in [5.41, 5.74) is 3.22. The molecule has 0 saturated heterocycles. The average Bonchev–Trinajstić information content (AvgIpc) is 3.40. The van der Waals surface area contributed by atoms with Crippen LogP contribution in [-0.4, -0.2) is 43.3 Å². The number of carbonyl (C=O) groups is 1. The van der Waals surface area contributed by atoms with Gasteiger partial charge in [0.2, 0.25) is 5.91 Å². The zero-order valence-electron chi connectivity index (χ0n) is 18.4. The van der Waals surface area contributed by atoms with Gasteiger partial charge < -0.3 is 14.6 Å². The Kier molecular flexibility index (Phi) is 7.00. The molecule has 0 atom stereocenters. The molecule has 0 unspecified atom stereocenters. The molecule has 0 aliphatic carbocycles. The Balaban J connectivity index is 1.56. The van der Waals surface area contributed by atoms with E-state index < -0.39 is 0 Å². The van der Waals surface area contributed by atoms with E-state index in [4.69, 9.17) is 16.3 Å². The van der Waals surface area contributed by atoms with Crippen LogP contribution in [0.2, 0.25) is 5.02 Å². The van der Waals surface area contributed by atoms with Crippen LogP contribution in [0.4, 0.5) is 5.69 Å². The fraction of sp³-hybridized carbons (Fsp3) is 0.217. The summed E-state index contributed by atoms with van der Waals surface area (Å²) >= 11 is 7.32. The lowest BCUT2D eigenvalue weighted by Crippen LogP contribution is -2.14. The quantitative estimate of drug-likeness (QED) is 0.364. The fourth-order valence-electron chi connectivity index (χ4n) is 3.41. The van der Waals surface area contributed by atoms with Crippen molar-refractivity contribution in [2.45, 2.75) is 18.6 Å². The van der Waals surface area contributed by atoms with Gasteiger partial charge in [0.15, 0.2) is 11.0 Å². The molecule has 33 heavy (non-hydrogen) atoms. The molecule has 0 spiro atoms. The van der Waals surface area contributed by atoms with Crippen LogP contribution in [0.5, 0.6) is 5.75 Å². The maximum absolute atomic E-state index is 12.4. The van der Waals surface area contributed by atoms with E-state index in [1.807, 2.05) is 49.0 Å². The van der Waals surface area contributed by atoms with Crippen molar-refractivity contribution in [3.05, 3.63) is 59.8 Å². The summed E-state index contributed by atoms with van der Waals surface area (Å²) in [6.45, 7) is 2.66. The van der Waals surface area contributed by atoms with Gasteiger partial charge in [0.25, 0.3) is 0 Å². The minimum Gasteiger partial charge on any atom is -0.497 e. The molecule has 0 aliphatic rings. The lowest BCUT2D eigenvalue weighted by Gasteiger charge is -2.08. The van der Waals surface area contributed by atoms with E-state index in [1.54, 1.807) is 36.1 Å². The van der Waals surface area contributed by atoms with Crippen molar-refractivity contribution in [3.8, 4) is 28.4 Å². The zero-order valence-corrected chi connectivity index (χ0v) is 20.0. The van der Waals surface area contributed by atoms with Gasteiger partial charge in [-0.3, -0.25) is 9.48 Å². The van der Waals surface area contributed by atoms with Crippen molar-refractivity contribution in [3.63, 3.8) is 0 Å². The number of nitrogens with one attached hydrogen (secondary N) is 1. The molecule has 170 valence electrons. The van der Waals surface area contributed by atoms with Gasteiger partial charge >= 0.3 is 0 Å². The number of hydrogen-bond donors (Lipinski definition) is 1. The van der Waals surface area contributed by atoms with Crippen molar-refractivity contribution >= 4 is 35.0 Å². The first-order valence-corrected chi connectivity index (χ1v) is 11.6. The highest BCUT2D eigenvalue weighted by Crippen LogP contribution is 2.33. The molecular weight excluding hydrogens is 460 g/mol. The molecular formula is C23H23ClN6O2S. The summed E-state index contributed by atoms with van der Waals surface area (Å²) in [5.74, 6) is 1.50. The van der Waals surface area contributed by atoms with Gasteiger partial charge in [-0.2, -0.15) is 5.10 Å². The fourth-order valence-corrected chi connectivity index (χ4v) is 4.40.